The van der Waals surface area contributed by atoms with Gasteiger partial charge < -0.3 is 9.47 Å². The zero-order valence-electron chi connectivity index (χ0n) is 14.5. The van der Waals surface area contributed by atoms with Crippen LogP contribution < -0.4 is 0 Å². The molecule has 3 heteroatoms. The molecule has 0 aromatic heterocycles. The fraction of sp³-hybridized carbons (Fsp3) is 0.842. The number of rotatable bonds is 4. The van der Waals surface area contributed by atoms with Crippen LogP contribution in [0.4, 0.5) is 0 Å². The lowest BCUT2D eigenvalue weighted by Crippen LogP contribution is -2.51. The van der Waals surface area contributed by atoms with Gasteiger partial charge in [-0.3, -0.25) is 4.79 Å². The van der Waals surface area contributed by atoms with Crippen molar-refractivity contribution in [3.63, 3.8) is 0 Å². The Bertz CT molecular complexity index is 483. The topological polar surface area (TPSA) is 35.5 Å². The van der Waals surface area contributed by atoms with E-state index in [1.165, 1.54) is 18.4 Å². The summed E-state index contributed by atoms with van der Waals surface area (Å²) in [5.41, 5.74) is 1.10. The van der Waals surface area contributed by atoms with Gasteiger partial charge in [0.05, 0.1) is 5.60 Å². The van der Waals surface area contributed by atoms with Gasteiger partial charge in [0.15, 0.2) is 0 Å². The van der Waals surface area contributed by atoms with Crippen molar-refractivity contribution in [3.05, 3.63) is 12.2 Å². The number of hydrogen-bond acceptors (Lipinski definition) is 3. The molecule has 1 saturated carbocycles. The Morgan fingerprint density at radius 2 is 2.18 bits per heavy atom. The molecule has 22 heavy (non-hydrogen) atoms. The summed E-state index contributed by atoms with van der Waals surface area (Å²) in [4.78, 5) is 12.2. The van der Waals surface area contributed by atoms with Gasteiger partial charge in [0.2, 0.25) is 5.79 Å². The molecule has 0 unspecified atom stereocenters. The third-order valence-corrected chi connectivity index (χ3v) is 6.29. The summed E-state index contributed by atoms with van der Waals surface area (Å²) in [7, 11) is 0. The molecule has 1 spiro atoms. The molecule has 2 aliphatic heterocycles. The Morgan fingerprint density at radius 3 is 2.82 bits per heavy atom. The van der Waals surface area contributed by atoms with Crippen LogP contribution in [0.2, 0.25) is 0 Å². The molecule has 0 N–H and O–H groups in total. The van der Waals surface area contributed by atoms with Gasteiger partial charge >= 0.3 is 5.97 Å². The predicted octanol–water partition coefficient (Wildman–Crippen LogP) is 4.46. The Kier molecular flexibility index (Phi) is 3.91. The lowest BCUT2D eigenvalue weighted by Gasteiger charge is -2.45. The first-order valence-corrected chi connectivity index (χ1v) is 8.94. The summed E-state index contributed by atoms with van der Waals surface area (Å²) >= 11 is 0. The summed E-state index contributed by atoms with van der Waals surface area (Å²) in [5.74, 6) is 0.796. The van der Waals surface area contributed by atoms with E-state index in [4.69, 9.17) is 9.47 Å². The van der Waals surface area contributed by atoms with Crippen molar-refractivity contribution < 1.29 is 14.3 Å². The standard InChI is InChI=1S/C19H30O3/c1-6-7-17(20)21-19-10-13(4)15-9-8-14(5)18(15,22-19)11-16(19)12(2)3/h12,14-16H,4,6-11H2,1-3,5H3/t14-,15-,16-,18-,19-/m0/s1. The Balaban J connectivity index is 1.96. The maximum atomic E-state index is 12.2. The van der Waals surface area contributed by atoms with Gasteiger partial charge in [-0.25, -0.2) is 0 Å². The molecule has 0 radical (unpaired) electrons. The molecule has 3 aliphatic rings. The first-order valence-electron chi connectivity index (χ1n) is 8.94. The van der Waals surface area contributed by atoms with E-state index in [1.54, 1.807) is 0 Å². The van der Waals surface area contributed by atoms with E-state index in [1.807, 2.05) is 6.92 Å². The van der Waals surface area contributed by atoms with Gasteiger partial charge in [0, 0.05) is 24.7 Å². The van der Waals surface area contributed by atoms with Crippen LogP contribution in [0, 0.1) is 23.7 Å². The normalized spacial score (nSPS) is 43.5. The van der Waals surface area contributed by atoms with Gasteiger partial charge in [-0.05, 0) is 37.5 Å². The molecule has 0 aromatic rings. The van der Waals surface area contributed by atoms with Crippen molar-refractivity contribution >= 4 is 5.97 Å². The molecule has 2 heterocycles. The first kappa shape index (κ1) is 16.0. The zero-order valence-corrected chi connectivity index (χ0v) is 14.5. The summed E-state index contributed by atoms with van der Waals surface area (Å²) < 4.78 is 12.7. The van der Waals surface area contributed by atoms with Crippen LogP contribution in [-0.4, -0.2) is 17.4 Å². The van der Waals surface area contributed by atoms with Crippen molar-refractivity contribution in [1.29, 1.82) is 0 Å². The highest BCUT2D eigenvalue weighted by molar-refractivity contribution is 5.69. The van der Waals surface area contributed by atoms with Gasteiger partial charge in [-0.15, -0.1) is 0 Å². The average Bonchev–Trinajstić information content (AvgIpc) is 2.88. The lowest BCUT2D eigenvalue weighted by atomic mass is 9.77. The number of esters is 1. The van der Waals surface area contributed by atoms with Crippen molar-refractivity contribution in [3.8, 4) is 0 Å². The molecule has 3 rings (SSSR count). The molecule has 0 amide bonds. The van der Waals surface area contributed by atoms with Crippen LogP contribution in [-0.2, 0) is 14.3 Å². The van der Waals surface area contributed by atoms with Crippen LogP contribution in [0.5, 0.6) is 0 Å². The molecule has 2 bridgehead atoms. The summed E-state index contributed by atoms with van der Waals surface area (Å²) in [6.07, 6.45) is 5.33. The van der Waals surface area contributed by atoms with E-state index in [0.717, 1.165) is 12.8 Å². The highest BCUT2D eigenvalue weighted by Crippen LogP contribution is 2.64. The fourth-order valence-corrected chi connectivity index (χ4v) is 5.18. The minimum atomic E-state index is -0.757. The maximum absolute atomic E-state index is 12.2. The monoisotopic (exact) mass is 306 g/mol. The fourth-order valence-electron chi connectivity index (χ4n) is 5.18. The molecule has 3 nitrogen and oxygen atoms in total. The maximum Gasteiger partial charge on any atom is 0.308 e. The van der Waals surface area contributed by atoms with Crippen molar-refractivity contribution in [2.45, 2.75) is 77.6 Å². The van der Waals surface area contributed by atoms with Gasteiger partial charge in [0.1, 0.15) is 0 Å². The van der Waals surface area contributed by atoms with Crippen LogP contribution in [0.25, 0.3) is 0 Å². The molecule has 3 fully saturated rings. The van der Waals surface area contributed by atoms with Gasteiger partial charge in [-0.1, -0.05) is 39.8 Å². The molecule has 1 aliphatic carbocycles. The molecular formula is C19H30O3. The smallest absolute Gasteiger partial charge is 0.308 e. The van der Waals surface area contributed by atoms with E-state index >= 15 is 0 Å². The van der Waals surface area contributed by atoms with Crippen molar-refractivity contribution in [1.82, 2.24) is 0 Å². The van der Waals surface area contributed by atoms with Crippen LogP contribution in [0.15, 0.2) is 12.2 Å². The minimum absolute atomic E-state index is 0.123. The number of hydrogen-bond donors (Lipinski definition) is 0. The largest absolute Gasteiger partial charge is 0.432 e. The molecule has 0 aromatic carbocycles. The predicted molar refractivity (Wildman–Crippen MR) is 86.1 cm³/mol. The molecule has 5 atom stereocenters. The summed E-state index contributed by atoms with van der Waals surface area (Å²) in [6, 6.07) is 0. The minimum Gasteiger partial charge on any atom is -0.432 e. The van der Waals surface area contributed by atoms with E-state index < -0.39 is 5.79 Å². The Morgan fingerprint density at radius 1 is 1.45 bits per heavy atom. The summed E-state index contributed by atoms with van der Waals surface area (Å²) in [6.45, 7) is 13.1. The van der Waals surface area contributed by atoms with Crippen LogP contribution >= 0.6 is 0 Å². The molecule has 124 valence electrons. The average molecular weight is 306 g/mol. The quantitative estimate of drug-likeness (QED) is 0.568. The summed E-state index contributed by atoms with van der Waals surface area (Å²) in [5, 5.41) is 0. The number of ether oxygens (including phenoxy) is 2. The zero-order chi connectivity index (χ0) is 16.1. The van der Waals surface area contributed by atoms with E-state index in [-0.39, 0.29) is 17.5 Å². The molecular weight excluding hydrogens is 276 g/mol. The lowest BCUT2D eigenvalue weighted by molar-refractivity contribution is -0.280. The van der Waals surface area contributed by atoms with Crippen molar-refractivity contribution in [2.24, 2.45) is 23.7 Å². The second kappa shape index (κ2) is 5.36. The Hall–Kier alpha value is -0.830. The van der Waals surface area contributed by atoms with E-state index in [0.29, 0.717) is 30.6 Å². The number of carbonyl (C=O) groups is 1. The highest BCUT2D eigenvalue weighted by atomic mass is 16.7. The molecule has 2 saturated heterocycles. The SMILES string of the molecule is C=C1C[C@]2(OC(=O)CCC)O[C@@]3(C[C@H]2C(C)C)[C@@H](C)CC[C@@H]13. The first-order chi connectivity index (χ1) is 10.3. The van der Waals surface area contributed by atoms with Gasteiger partial charge in [0.25, 0.3) is 0 Å². The van der Waals surface area contributed by atoms with E-state index in [9.17, 15) is 4.79 Å². The second-order valence-electron chi connectivity index (χ2n) is 8.01. The van der Waals surface area contributed by atoms with Crippen molar-refractivity contribution in [2.75, 3.05) is 0 Å². The highest BCUT2D eigenvalue weighted by Gasteiger charge is 2.68. The van der Waals surface area contributed by atoms with Crippen LogP contribution in [0.1, 0.15) is 66.2 Å². The third kappa shape index (κ3) is 2.16. The Labute approximate surface area is 134 Å². The third-order valence-electron chi connectivity index (χ3n) is 6.29. The van der Waals surface area contributed by atoms with E-state index in [2.05, 4.69) is 27.4 Å². The number of fused-ring (bicyclic) bond motifs is 1. The van der Waals surface area contributed by atoms with Crippen LogP contribution in [0.3, 0.4) is 0 Å². The number of carbonyl (C=O) groups excluding carboxylic acids is 1. The second-order valence-corrected chi connectivity index (χ2v) is 8.01. The van der Waals surface area contributed by atoms with Gasteiger partial charge in [-0.2, -0.15) is 0 Å².